The molecule has 6 nitrogen and oxygen atoms in total. The molecule has 0 radical (unpaired) electrons. The van der Waals surface area contributed by atoms with Crippen molar-refractivity contribution < 1.29 is 17.9 Å². The number of amides is 1. The number of carbonyl (C=O) groups is 1. The molecule has 0 unspecified atom stereocenters. The number of ether oxygens (including phenoxy) is 1. The summed E-state index contributed by atoms with van der Waals surface area (Å²) in [6.07, 6.45) is 5.18. The molecule has 2 aromatic carbocycles. The number of thioether (sulfide) groups is 1. The molecular formula is C21H26N2O4S2. The normalized spacial score (nSPS) is 14.8. The first kappa shape index (κ1) is 21.8. The number of rotatable bonds is 9. The molecule has 0 aliphatic heterocycles. The highest BCUT2D eigenvalue weighted by molar-refractivity contribution is 8.00. The molecule has 0 aromatic heterocycles. The highest BCUT2D eigenvalue weighted by Crippen LogP contribution is 2.35. The number of benzene rings is 2. The summed E-state index contributed by atoms with van der Waals surface area (Å²) < 4.78 is 31.6. The van der Waals surface area contributed by atoms with E-state index in [1.807, 2.05) is 36.0 Å². The first-order valence-electron chi connectivity index (χ1n) is 9.65. The fourth-order valence-electron chi connectivity index (χ4n) is 3.17. The van der Waals surface area contributed by atoms with Crippen molar-refractivity contribution in [1.29, 1.82) is 0 Å². The van der Waals surface area contributed by atoms with Crippen LogP contribution < -0.4 is 10.0 Å². The van der Waals surface area contributed by atoms with Crippen LogP contribution in [0.15, 0.2) is 58.3 Å². The highest BCUT2D eigenvalue weighted by atomic mass is 32.2. The van der Waals surface area contributed by atoms with Gasteiger partial charge in [0.1, 0.15) is 0 Å². The zero-order chi connectivity index (χ0) is 20.7. The zero-order valence-electron chi connectivity index (χ0n) is 16.4. The quantitative estimate of drug-likeness (QED) is 0.585. The largest absolute Gasteiger partial charge is 0.383 e. The topological polar surface area (TPSA) is 84.5 Å². The zero-order valence-corrected chi connectivity index (χ0v) is 18.0. The van der Waals surface area contributed by atoms with Crippen molar-refractivity contribution in [3.63, 3.8) is 0 Å². The molecule has 3 rings (SSSR count). The molecule has 1 aliphatic rings. The Kier molecular flexibility index (Phi) is 7.71. The van der Waals surface area contributed by atoms with Crippen LogP contribution in [0, 0.1) is 0 Å². The van der Waals surface area contributed by atoms with Gasteiger partial charge in [0.15, 0.2) is 0 Å². The van der Waals surface area contributed by atoms with Crippen LogP contribution in [0.25, 0.3) is 0 Å². The minimum Gasteiger partial charge on any atom is -0.383 e. The molecule has 0 spiro atoms. The lowest BCUT2D eigenvalue weighted by molar-refractivity contribution is 0.102. The Morgan fingerprint density at radius 2 is 1.72 bits per heavy atom. The van der Waals surface area contributed by atoms with Crippen molar-refractivity contribution >= 4 is 33.4 Å². The van der Waals surface area contributed by atoms with E-state index < -0.39 is 10.0 Å². The Morgan fingerprint density at radius 3 is 2.34 bits per heavy atom. The Labute approximate surface area is 176 Å². The van der Waals surface area contributed by atoms with Crippen molar-refractivity contribution in [2.45, 2.75) is 40.7 Å². The van der Waals surface area contributed by atoms with Crippen LogP contribution in [-0.2, 0) is 14.8 Å². The van der Waals surface area contributed by atoms with E-state index >= 15 is 0 Å². The van der Waals surface area contributed by atoms with Crippen molar-refractivity contribution in [2.24, 2.45) is 0 Å². The van der Waals surface area contributed by atoms with Crippen molar-refractivity contribution in [3.8, 4) is 0 Å². The van der Waals surface area contributed by atoms with Gasteiger partial charge in [-0.25, -0.2) is 13.1 Å². The Hall–Kier alpha value is -1.87. The number of anilines is 1. The SMILES string of the molecule is COCCNS(=O)(=O)c1ccc(C(=O)Nc2ccc(SC3CCCC3)cc2)cc1. The molecule has 2 aromatic rings. The van der Waals surface area contributed by atoms with Gasteiger partial charge in [0.2, 0.25) is 10.0 Å². The van der Waals surface area contributed by atoms with Gasteiger partial charge in [-0.15, -0.1) is 11.8 Å². The van der Waals surface area contributed by atoms with Crippen LogP contribution in [0.2, 0.25) is 0 Å². The standard InChI is InChI=1S/C21H26N2O4S2/c1-27-15-14-22-29(25,26)20-12-6-16(7-13-20)21(24)23-17-8-10-19(11-9-17)28-18-4-2-3-5-18/h6-13,18,22H,2-5,14-15H2,1H3,(H,23,24). The van der Waals surface area contributed by atoms with E-state index in [4.69, 9.17) is 4.74 Å². The molecular weight excluding hydrogens is 408 g/mol. The lowest BCUT2D eigenvalue weighted by atomic mass is 10.2. The minimum atomic E-state index is -3.61. The maximum atomic E-state index is 12.5. The van der Waals surface area contributed by atoms with Crippen molar-refractivity contribution in [1.82, 2.24) is 4.72 Å². The lowest BCUT2D eigenvalue weighted by Crippen LogP contribution is -2.27. The van der Waals surface area contributed by atoms with Gasteiger partial charge in [0.05, 0.1) is 11.5 Å². The summed E-state index contributed by atoms with van der Waals surface area (Å²) in [6.45, 7) is 0.480. The number of methoxy groups -OCH3 is 1. The summed E-state index contributed by atoms with van der Waals surface area (Å²) in [5.74, 6) is -0.280. The maximum absolute atomic E-state index is 12.5. The second kappa shape index (κ2) is 10.2. The fourth-order valence-corrected chi connectivity index (χ4v) is 5.43. The summed E-state index contributed by atoms with van der Waals surface area (Å²) in [6, 6.07) is 13.7. The monoisotopic (exact) mass is 434 g/mol. The smallest absolute Gasteiger partial charge is 0.255 e. The number of sulfonamides is 1. The second-order valence-electron chi connectivity index (χ2n) is 6.92. The Morgan fingerprint density at radius 1 is 1.07 bits per heavy atom. The molecule has 0 bridgehead atoms. The van der Waals surface area contributed by atoms with Crippen molar-refractivity contribution in [3.05, 3.63) is 54.1 Å². The van der Waals surface area contributed by atoms with Gasteiger partial charge in [-0.05, 0) is 61.4 Å². The van der Waals surface area contributed by atoms with E-state index in [0.29, 0.717) is 16.5 Å². The van der Waals surface area contributed by atoms with Crippen LogP contribution in [0.1, 0.15) is 36.0 Å². The van der Waals surface area contributed by atoms with E-state index in [1.165, 1.54) is 62.0 Å². The summed E-state index contributed by atoms with van der Waals surface area (Å²) in [5, 5.41) is 3.55. The molecule has 2 N–H and O–H groups in total. The Bertz CT molecular complexity index is 907. The summed E-state index contributed by atoms with van der Waals surface area (Å²) >= 11 is 1.90. The van der Waals surface area contributed by atoms with Gasteiger partial charge in [-0.3, -0.25) is 4.79 Å². The van der Waals surface area contributed by atoms with Gasteiger partial charge in [-0.1, -0.05) is 12.8 Å². The lowest BCUT2D eigenvalue weighted by Gasteiger charge is -2.10. The summed E-state index contributed by atoms with van der Waals surface area (Å²) in [4.78, 5) is 13.8. The predicted molar refractivity (Wildman–Crippen MR) is 116 cm³/mol. The predicted octanol–water partition coefficient (Wildman–Crippen LogP) is 3.90. The third-order valence-electron chi connectivity index (χ3n) is 4.74. The van der Waals surface area contributed by atoms with Crippen molar-refractivity contribution in [2.75, 3.05) is 25.6 Å². The molecule has 1 saturated carbocycles. The maximum Gasteiger partial charge on any atom is 0.255 e. The molecule has 156 valence electrons. The average Bonchev–Trinajstić information content (AvgIpc) is 3.23. The molecule has 8 heteroatoms. The molecule has 0 heterocycles. The first-order chi connectivity index (χ1) is 14.0. The molecule has 1 aliphatic carbocycles. The van der Waals surface area contributed by atoms with Crippen LogP contribution in [0.5, 0.6) is 0 Å². The number of nitrogens with one attached hydrogen (secondary N) is 2. The molecule has 1 amide bonds. The summed E-state index contributed by atoms with van der Waals surface area (Å²) in [7, 11) is -2.11. The highest BCUT2D eigenvalue weighted by Gasteiger charge is 2.16. The average molecular weight is 435 g/mol. The van der Waals surface area contributed by atoms with Gasteiger partial charge >= 0.3 is 0 Å². The Balaban J connectivity index is 1.57. The number of hydrogen-bond donors (Lipinski definition) is 2. The van der Waals surface area contributed by atoms with E-state index in [2.05, 4.69) is 10.0 Å². The van der Waals surface area contributed by atoms with E-state index in [-0.39, 0.29) is 24.0 Å². The van der Waals surface area contributed by atoms with Crippen LogP contribution in [0.4, 0.5) is 5.69 Å². The second-order valence-corrected chi connectivity index (χ2v) is 10.1. The third-order valence-corrected chi connectivity index (χ3v) is 7.57. The number of hydrogen-bond acceptors (Lipinski definition) is 5. The molecule has 0 saturated heterocycles. The van der Waals surface area contributed by atoms with Gasteiger partial charge in [-0.2, -0.15) is 0 Å². The van der Waals surface area contributed by atoms with Gasteiger partial charge < -0.3 is 10.1 Å². The molecule has 1 fully saturated rings. The molecule has 29 heavy (non-hydrogen) atoms. The third kappa shape index (κ3) is 6.30. The first-order valence-corrected chi connectivity index (χ1v) is 12.0. The van der Waals surface area contributed by atoms with Crippen LogP contribution in [0.3, 0.4) is 0 Å². The fraction of sp³-hybridized carbons (Fsp3) is 0.381. The minimum absolute atomic E-state index is 0.110. The van der Waals surface area contributed by atoms with Crippen LogP contribution >= 0.6 is 11.8 Å². The van der Waals surface area contributed by atoms with E-state index in [9.17, 15) is 13.2 Å². The molecule has 0 atom stereocenters. The van der Waals surface area contributed by atoms with Gasteiger partial charge in [0.25, 0.3) is 5.91 Å². The van der Waals surface area contributed by atoms with E-state index in [1.54, 1.807) is 0 Å². The summed E-state index contributed by atoms with van der Waals surface area (Å²) in [5.41, 5.74) is 1.11. The van der Waals surface area contributed by atoms with Gasteiger partial charge in [0, 0.05) is 35.1 Å². The van der Waals surface area contributed by atoms with Crippen LogP contribution in [-0.4, -0.2) is 39.8 Å². The number of carbonyl (C=O) groups excluding carboxylic acids is 1. The van der Waals surface area contributed by atoms with E-state index in [0.717, 1.165) is 0 Å².